The topological polar surface area (TPSA) is 38.7 Å². The first-order valence-electron chi connectivity index (χ1n) is 7.81. The lowest BCUT2D eigenvalue weighted by molar-refractivity contribution is 0.0464. The van der Waals surface area contributed by atoms with Crippen LogP contribution in [0.4, 0.5) is 8.78 Å². The fourth-order valence-electron chi connectivity index (χ4n) is 2.72. The van der Waals surface area contributed by atoms with Gasteiger partial charge in [-0.2, -0.15) is 0 Å². The second-order valence-electron chi connectivity index (χ2n) is 5.63. The minimum absolute atomic E-state index is 0.0372. The molecule has 0 saturated heterocycles. The van der Waals surface area contributed by atoms with Gasteiger partial charge in [-0.15, -0.1) is 11.8 Å². The Morgan fingerprint density at radius 3 is 2.60 bits per heavy atom. The SMILES string of the molecule is OCCOC[C@@H]1COc2c(F)ccc(F)c2[C@H]1Sc1ccc(Cl)cc1. The van der Waals surface area contributed by atoms with E-state index >= 15 is 0 Å². The quantitative estimate of drug-likeness (QED) is 0.743. The van der Waals surface area contributed by atoms with Gasteiger partial charge in [-0.1, -0.05) is 11.6 Å². The molecule has 2 aromatic carbocycles. The van der Waals surface area contributed by atoms with Crippen molar-refractivity contribution in [2.45, 2.75) is 10.1 Å². The van der Waals surface area contributed by atoms with Gasteiger partial charge >= 0.3 is 0 Å². The van der Waals surface area contributed by atoms with Crippen molar-refractivity contribution < 1.29 is 23.4 Å². The van der Waals surface area contributed by atoms with Crippen LogP contribution in [0, 0.1) is 17.6 Å². The van der Waals surface area contributed by atoms with Gasteiger partial charge in [0.05, 0.1) is 26.4 Å². The zero-order valence-electron chi connectivity index (χ0n) is 13.3. The molecule has 0 fully saturated rings. The van der Waals surface area contributed by atoms with Gasteiger partial charge < -0.3 is 14.6 Å². The molecule has 7 heteroatoms. The van der Waals surface area contributed by atoms with Crippen molar-refractivity contribution in [3.8, 4) is 5.75 Å². The third-order valence-corrected chi connectivity index (χ3v) is 5.56. The van der Waals surface area contributed by atoms with Gasteiger partial charge in [0.1, 0.15) is 5.82 Å². The molecular weight excluding hydrogens is 370 g/mol. The largest absolute Gasteiger partial charge is 0.490 e. The van der Waals surface area contributed by atoms with Crippen LogP contribution in [0.2, 0.25) is 5.02 Å². The summed E-state index contributed by atoms with van der Waals surface area (Å²) < 4.78 is 39.4. The summed E-state index contributed by atoms with van der Waals surface area (Å²) in [6, 6.07) is 9.37. The van der Waals surface area contributed by atoms with Gasteiger partial charge in [-0.05, 0) is 36.4 Å². The molecule has 0 spiro atoms. The van der Waals surface area contributed by atoms with E-state index in [0.29, 0.717) is 5.02 Å². The molecule has 0 bridgehead atoms. The van der Waals surface area contributed by atoms with Gasteiger partial charge in [0.25, 0.3) is 0 Å². The van der Waals surface area contributed by atoms with Crippen molar-refractivity contribution in [2.24, 2.45) is 5.92 Å². The molecule has 0 unspecified atom stereocenters. The van der Waals surface area contributed by atoms with Gasteiger partial charge in [0.15, 0.2) is 11.6 Å². The number of fused-ring (bicyclic) bond motifs is 1. The Bertz CT molecular complexity index is 727. The lowest BCUT2D eigenvalue weighted by Crippen LogP contribution is -2.30. The first kappa shape index (κ1) is 18.5. The molecule has 134 valence electrons. The highest BCUT2D eigenvalue weighted by Crippen LogP contribution is 2.49. The van der Waals surface area contributed by atoms with Crippen molar-refractivity contribution in [1.29, 1.82) is 0 Å². The summed E-state index contributed by atoms with van der Waals surface area (Å²) in [5, 5.41) is 9.11. The molecule has 0 radical (unpaired) electrons. The molecule has 0 aromatic heterocycles. The minimum atomic E-state index is -0.576. The maximum absolute atomic E-state index is 14.5. The molecular formula is C18H17ClF2O3S. The highest BCUT2D eigenvalue weighted by molar-refractivity contribution is 7.99. The van der Waals surface area contributed by atoms with Gasteiger partial charge in [0, 0.05) is 26.6 Å². The Morgan fingerprint density at radius 2 is 1.88 bits per heavy atom. The van der Waals surface area contributed by atoms with Crippen LogP contribution in [-0.2, 0) is 4.74 Å². The zero-order valence-corrected chi connectivity index (χ0v) is 14.8. The Kier molecular flexibility index (Phi) is 6.17. The zero-order chi connectivity index (χ0) is 17.8. The molecule has 2 atom stereocenters. The Hall–Kier alpha value is -1.34. The van der Waals surface area contributed by atoms with Crippen LogP contribution in [0.1, 0.15) is 10.8 Å². The molecule has 1 heterocycles. The number of benzene rings is 2. The summed E-state index contributed by atoms with van der Waals surface area (Å²) in [5.74, 6) is -1.30. The summed E-state index contributed by atoms with van der Waals surface area (Å²) in [7, 11) is 0. The number of halogens is 3. The van der Waals surface area contributed by atoms with Crippen molar-refractivity contribution in [2.75, 3.05) is 26.4 Å². The van der Waals surface area contributed by atoms with E-state index < -0.39 is 11.6 Å². The summed E-state index contributed by atoms with van der Waals surface area (Å²) >= 11 is 7.33. The van der Waals surface area contributed by atoms with E-state index in [1.807, 2.05) is 12.1 Å². The molecule has 0 amide bonds. The lowest BCUT2D eigenvalue weighted by Gasteiger charge is -2.33. The molecule has 1 aliphatic rings. The van der Waals surface area contributed by atoms with Crippen LogP contribution in [0.3, 0.4) is 0 Å². The van der Waals surface area contributed by atoms with Crippen LogP contribution >= 0.6 is 23.4 Å². The van der Waals surface area contributed by atoms with Crippen LogP contribution in [0.15, 0.2) is 41.3 Å². The van der Waals surface area contributed by atoms with Crippen molar-refractivity contribution >= 4 is 23.4 Å². The minimum Gasteiger partial charge on any atom is -0.490 e. The normalized spacial score (nSPS) is 19.4. The van der Waals surface area contributed by atoms with Gasteiger partial charge in [-0.3, -0.25) is 0 Å². The Morgan fingerprint density at radius 1 is 1.16 bits per heavy atom. The molecule has 0 saturated carbocycles. The van der Waals surface area contributed by atoms with Crippen LogP contribution in [0.5, 0.6) is 5.75 Å². The third-order valence-electron chi connectivity index (χ3n) is 3.89. The van der Waals surface area contributed by atoms with Crippen molar-refractivity contribution in [3.63, 3.8) is 0 Å². The summed E-state index contributed by atoms with van der Waals surface area (Å²) in [4.78, 5) is 0.887. The fourth-order valence-corrected chi connectivity index (χ4v) is 4.12. The molecule has 0 aliphatic carbocycles. The van der Waals surface area contributed by atoms with Gasteiger partial charge in [0.2, 0.25) is 0 Å². The fraction of sp³-hybridized carbons (Fsp3) is 0.333. The van der Waals surface area contributed by atoms with E-state index in [1.54, 1.807) is 12.1 Å². The van der Waals surface area contributed by atoms with Gasteiger partial charge in [-0.25, -0.2) is 8.78 Å². The van der Waals surface area contributed by atoms with Crippen LogP contribution < -0.4 is 4.74 Å². The highest BCUT2D eigenvalue weighted by Gasteiger charge is 2.36. The first-order valence-corrected chi connectivity index (χ1v) is 9.07. The van der Waals surface area contributed by atoms with Crippen molar-refractivity contribution in [1.82, 2.24) is 0 Å². The standard InChI is InChI=1S/C18H17ClF2O3S/c19-12-1-3-13(4-2-12)25-18-11(9-23-8-7-22)10-24-17-15(21)6-5-14(20)16(17)18/h1-6,11,18,22H,7-10H2/t11-,18+/m1/s1. The Balaban J connectivity index is 1.92. The van der Waals surface area contributed by atoms with E-state index in [2.05, 4.69) is 0 Å². The Labute approximate surface area is 153 Å². The predicted molar refractivity (Wildman–Crippen MR) is 93.3 cm³/mol. The summed E-state index contributed by atoms with van der Waals surface area (Å²) in [6.45, 7) is 0.584. The van der Waals surface area contributed by atoms with E-state index in [4.69, 9.17) is 26.2 Å². The maximum atomic E-state index is 14.5. The molecule has 1 N–H and O–H groups in total. The maximum Gasteiger partial charge on any atom is 0.165 e. The lowest BCUT2D eigenvalue weighted by atomic mass is 9.96. The summed E-state index contributed by atoms with van der Waals surface area (Å²) in [5.41, 5.74) is 0.212. The van der Waals surface area contributed by atoms with Crippen LogP contribution in [0.25, 0.3) is 0 Å². The molecule has 3 rings (SSSR count). The molecule has 1 aliphatic heterocycles. The molecule has 25 heavy (non-hydrogen) atoms. The highest BCUT2D eigenvalue weighted by atomic mass is 35.5. The molecule has 2 aromatic rings. The van der Waals surface area contributed by atoms with Crippen LogP contribution in [-0.4, -0.2) is 31.5 Å². The average Bonchev–Trinajstić information content (AvgIpc) is 2.61. The number of hydrogen-bond donors (Lipinski definition) is 1. The van der Waals surface area contributed by atoms with E-state index in [1.165, 1.54) is 11.8 Å². The molecule has 3 nitrogen and oxygen atoms in total. The number of rotatable bonds is 6. The van der Waals surface area contributed by atoms with E-state index in [0.717, 1.165) is 17.0 Å². The number of aliphatic hydroxyl groups is 1. The average molecular weight is 387 g/mol. The van der Waals surface area contributed by atoms with E-state index in [9.17, 15) is 8.78 Å². The first-order chi connectivity index (χ1) is 12.1. The number of hydrogen-bond acceptors (Lipinski definition) is 4. The van der Waals surface area contributed by atoms with E-state index in [-0.39, 0.29) is 48.9 Å². The second-order valence-corrected chi connectivity index (χ2v) is 7.29. The third kappa shape index (κ3) is 4.26. The predicted octanol–water partition coefficient (Wildman–Crippen LogP) is 4.47. The second kappa shape index (κ2) is 8.36. The number of aliphatic hydroxyl groups excluding tert-OH is 1. The van der Waals surface area contributed by atoms with Crippen molar-refractivity contribution in [3.05, 3.63) is 58.6 Å². The smallest absolute Gasteiger partial charge is 0.165 e. The number of ether oxygens (including phenoxy) is 2. The number of thioether (sulfide) groups is 1. The summed E-state index contributed by atoms with van der Waals surface area (Å²) in [6.07, 6.45) is 0. The monoisotopic (exact) mass is 386 g/mol.